The van der Waals surface area contributed by atoms with Crippen molar-refractivity contribution < 1.29 is 9.18 Å². The van der Waals surface area contributed by atoms with Gasteiger partial charge in [0.2, 0.25) is 5.91 Å². The highest BCUT2D eigenvalue weighted by atomic mass is 127. The molecule has 1 atom stereocenters. The quantitative estimate of drug-likeness (QED) is 0.766. The number of amides is 1. The molecule has 92 valence electrons. The van der Waals surface area contributed by atoms with Crippen molar-refractivity contribution >= 4 is 39.9 Å². The zero-order valence-electron chi connectivity index (χ0n) is 9.73. The Morgan fingerprint density at radius 2 is 2.18 bits per heavy atom. The molecule has 1 amide bonds. The fourth-order valence-electron chi connectivity index (χ4n) is 1.73. The Balaban J connectivity index is 2.42. The lowest BCUT2D eigenvalue weighted by Gasteiger charge is -2.23. The van der Waals surface area contributed by atoms with Gasteiger partial charge in [-0.3, -0.25) is 4.79 Å². The topological polar surface area (TPSA) is 41.1 Å². The molecule has 5 heteroatoms. The summed E-state index contributed by atoms with van der Waals surface area (Å²) < 4.78 is 14.0. The van der Waals surface area contributed by atoms with Crippen molar-refractivity contribution in [3.63, 3.8) is 0 Å². The molecule has 3 nitrogen and oxygen atoms in total. The van der Waals surface area contributed by atoms with Crippen molar-refractivity contribution in [1.29, 1.82) is 0 Å². The molecule has 0 aromatic heterocycles. The third kappa shape index (κ3) is 2.25. The molecule has 0 saturated carbocycles. The van der Waals surface area contributed by atoms with Gasteiger partial charge in [-0.25, -0.2) is 4.39 Å². The maximum atomic E-state index is 13.5. The summed E-state index contributed by atoms with van der Waals surface area (Å²) in [6.07, 6.45) is 0.736. The molecule has 0 fully saturated rings. The van der Waals surface area contributed by atoms with E-state index < -0.39 is 5.41 Å². The Morgan fingerprint density at radius 3 is 2.82 bits per heavy atom. The monoisotopic (exact) mass is 348 g/mol. The van der Waals surface area contributed by atoms with Crippen LogP contribution in [0.15, 0.2) is 12.1 Å². The van der Waals surface area contributed by atoms with Crippen LogP contribution in [0, 0.1) is 14.8 Å². The number of nitrogens with one attached hydrogen (secondary N) is 2. The summed E-state index contributed by atoms with van der Waals surface area (Å²) in [5, 5.41) is 6.00. The third-order valence-electron chi connectivity index (χ3n) is 3.31. The zero-order chi connectivity index (χ0) is 12.6. The van der Waals surface area contributed by atoms with Crippen LogP contribution in [0.5, 0.6) is 0 Å². The van der Waals surface area contributed by atoms with E-state index in [2.05, 4.69) is 10.6 Å². The van der Waals surface area contributed by atoms with Crippen LogP contribution in [0.1, 0.15) is 20.3 Å². The fraction of sp³-hybridized carbons (Fsp3) is 0.417. The Morgan fingerprint density at radius 1 is 1.47 bits per heavy atom. The van der Waals surface area contributed by atoms with Crippen molar-refractivity contribution in [3.05, 3.63) is 21.5 Å². The first-order valence-corrected chi connectivity index (χ1v) is 6.58. The minimum absolute atomic E-state index is 0.0198. The lowest BCUT2D eigenvalue weighted by Crippen LogP contribution is -2.36. The van der Waals surface area contributed by atoms with Crippen molar-refractivity contribution in [2.24, 2.45) is 5.41 Å². The number of hydrogen-bond donors (Lipinski definition) is 2. The van der Waals surface area contributed by atoms with E-state index in [1.54, 1.807) is 6.07 Å². The van der Waals surface area contributed by atoms with Crippen LogP contribution >= 0.6 is 22.6 Å². The van der Waals surface area contributed by atoms with Gasteiger partial charge in [-0.15, -0.1) is 0 Å². The first-order chi connectivity index (χ1) is 7.96. The van der Waals surface area contributed by atoms with Crippen LogP contribution in [-0.2, 0) is 4.79 Å². The third-order valence-corrected chi connectivity index (χ3v) is 4.13. The van der Waals surface area contributed by atoms with Crippen LogP contribution in [0.4, 0.5) is 15.8 Å². The average molecular weight is 348 g/mol. The second-order valence-electron chi connectivity index (χ2n) is 4.53. The van der Waals surface area contributed by atoms with Crippen LogP contribution in [0.2, 0.25) is 0 Å². The van der Waals surface area contributed by atoms with Gasteiger partial charge >= 0.3 is 0 Å². The van der Waals surface area contributed by atoms with Gasteiger partial charge in [-0.1, -0.05) is 6.92 Å². The second-order valence-corrected chi connectivity index (χ2v) is 5.70. The van der Waals surface area contributed by atoms with Gasteiger partial charge in [0.15, 0.2) is 0 Å². The summed E-state index contributed by atoms with van der Waals surface area (Å²) in [6.45, 7) is 4.40. The molecule has 1 aromatic carbocycles. The molecular formula is C12H14FIN2O. The molecule has 17 heavy (non-hydrogen) atoms. The minimum Gasteiger partial charge on any atom is -0.382 e. The molecule has 1 aromatic rings. The van der Waals surface area contributed by atoms with Gasteiger partial charge < -0.3 is 10.6 Å². The van der Waals surface area contributed by atoms with Crippen LogP contribution in [0.3, 0.4) is 0 Å². The summed E-state index contributed by atoms with van der Waals surface area (Å²) in [5.74, 6) is -0.292. The molecule has 2 rings (SSSR count). The second kappa shape index (κ2) is 4.44. The first-order valence-electron chi connectivity index (χ1n) is 5.50. The predicted molar refractivity (Wildman–Crippen MR) is 74.6 cm³/mol. The number of halogens is 2. The molecule has 0 radical (unpaired) electrons. The molecule has 1 aliphatic heterocycles. The Kier molecular flexibility index (Phi) is 3.29. The van der Waals surface area contributed by atoms with Gasteiger partial charge in [0.1, 0.15) is 5.82 Å². The molecular weight excluding hydrogens is 334 g/mol. The van der Waals surface area contributed by atoms with Crippen LogP contribution in [-0.4, -0.2) is 12.5 Å². The van der Waals surface area contributed by atoms with Crippen molar-refractivity contribution in [1.82, 2.24) is 0 Å². The summed E-state index contributed by atoms with van der Waals surface area (Å²) >= 11 is 1.91. The molecule has 0 saturated heterocycles. The van der Waals surface area contributed by atoms with Gasteiger partial charge in [0, 0.05) is 12.6 Å². The van der Waals surface area contributed by atoms with E-state index in [9.17, 15) is 9.18 Å². The number of hydrogen-bond acceptors (Lipinski definition) is 2. The van der Waals surface area contributed by atoms with Gasteiger partial charge in [0.25, 0.3) is 0 Å². The van der Waals surface area contributed by atoms with E-state index in [-0.39, 0.29) is 11.7 Å². The smallest absolute Gasteiger partial charge is 0.232 e. The van der Waals surface area contributed by atoms with E-state index in [1.807, 2.05) is 36.4 Å². The number of rotatable bonds is 1. The van der Waals surface area contributed by atoms with Crippen molar-refractivity contribution in [2.45, 2.75) is 20.3 Å². The first kappa shape index (κ1) is 12.6. The van der Waals surface area contributed by atoms with Crippen molar-refractivity contribution in [3.8, 4) is 0 Å². The minimum atomic E-state index is -0.457. The molecule has 1 heterocycles. The molecule has 0 spiro atoms. The van der Waals surface area contributed by atoms with E-state index >= 15 is 0 Å². The standard InChI is InChI=1S/C12H14FIN2O/c1-3-12(2)6-15-9-4-7(13)8(14)5-10(9)16-11(12)17/h4-5,15H,3,6H2,1-2H3,(H,16,17). The SMILES string of the molecule is CCC1(C)CNc2cc(F)c(I)cc2NC1=O. The Hall–Kier alpha value is -0.850. The van der Waals surface area contributed by atoms with Gasteiger partial charge in [-0.05, 0) is 42.0 Å². The highest BCUT2D eigenvalue weighted by Crippen LogP contribution is 2.34. The Labute approximate surface area is 113 Å². The largest absolute Gasteiger partial charge is 0.382 e. The lowest BCUT2D eigenvalue weighted by molar-refractivity contribution is -0.124. The van der Waals surface area contributed by atoms with E-state index in [1.165, 1.54) is 6.07 Å². The normalized spacial score (nSPS) is 23.4. The van der Waals surface area contributed by atoms with E-state index in [4.69, 9.17) is 0 Å². The number of carbonyl (C=O) groups excluding carboxylic acids is 1. The van der Waals surface area contributed by atoms with E-state index in [0.29, 0.717) is 21.5 Å². The maximum Gasteiger partial charge on any atom is 0.232 e. The van der Waals surface area contributed by atoms with Crippen molar-refractivity contribution in [2.75, 3.05) is 17.2 Å². The summed E-state index contributed by atoms with van der Waals surface area (Å²) in [7, 11) is 0. The molecule has 2 N–H and O–H groups in total. The summed E-state index contributed by atoms with van der Waals surface area (Å²) in [6, 6.07) is 3.08. The van der Waals surface area contributed by atoms with Crippen LogP contribution < -0.4 is 10.6 Å². The number of carbonyl (C=O) groups is 1. The zero-order valence-corrected chi connectivity index (χ0v) is 11.9. The highest BCUT2D eigenvalue weighted by Gasteiger charge is 2.34. The summed E-state index contributed by atoms with van der Waals surface area (Å²) in [4.78, 5) is 12.1. The molecule has 1 aliphatic rings. The Bertz CT molecular complexity index is 478. The van der Waals surface area contributed by atoms with Gasteiger partial charge in [0.05, 0.1) is 20.4 Å². The summed E-state index contributed by atoms with van der Waals surface area (Å²) in [5.41, 5.74) is 0.840. The average Bonchev–Trinajstić information content (AvgIpc) is 2.41. The number of anilines is 2. The number of fused-ring (bicyclic) bond motifs is 1. The molecule has 0 aliphatic carbocycles. The molecule has 1 unspecified atom stereocenters. The highest BCUT2D eigenvalue weighted by molar-refractivity contribution is 14.1. The van der Waals surface area contributed by atoms with Crippen LogP contribution in [0.25, 0.3) is 0 Å². The fourth-order valence-corrected chi connectivity index (χ4v) is 2.19. The van der Waals surface area contributed by atoms with Gasteiger partial charge in [-0.2, -0.15) is 0 Å². The lowest BCUT2D eigenvalue weighted by atomic mass is 9.86. The number of benzene rings is 1. The van der Waals surface area contributed by atoms with E-state index in [0.717, 1.165) is 6.42 Å². The molecule has 0 bridgehead atoms. The maximum absolute atomic E-state index is 13.5. The predicted octanol–water partition coefficient (Wildman–Crippen LogP) is 3.21.